The molecule has 0 unspecified atom stereocenters. The molecule has 0 saturated heterocycles. The van der Waals surface area contributed by atoms with Gasteiger partial charge >= 0.3 is 5.97 Å². The van der Waals surface area contributed by atoms with E-state index < -0.39 is 17.9 Å². The van der Waals surface area contributed by atoms with Gasteiger partial charge in [-0.1, -0.05) is 13.8 Å². The molecule has 1 N–H and O–H groups in total. The fraction of sp³-hybridized carbons (Fsp3) is 0.667. The van der Waals surface area contributed by atoms with Crippen molar-refractivity contribution >= 4 is 18.2 Å². The summed E-state index contributed by atoms with van der Waals surface area (Å²) in [7, 11) is 1.24. The van der Waals surface area contributed by atoms with Gasteiger partial charge in [-0.2, -0.15) is 0 Å². The summed E-state index contributed by atoms with van der Waals surface area (Å²) in [5.74, 6) is -1.11. The number of hydrogen-bond donors (Lipinski definition) is 1. The first-order valence-electron chi connectivity index (χ1n) is 4.34. The summed E-state index contributed by atoms with van der Waals surface area (Å²) in [4.78, 5) is 32.0. The van der Waals surface area contributed by atoms with E-state index in [-0.39, 0.29) is 12.2 Å². The first-order chi connectivity index (χ1) is 6.51. The van der Waals surface area contributed by atoms with Crippen molar-refractivity contribution in [3.63, 3.8) is 0 Å². The highest BCUT2D eigenvalue weighted by molar-refractivity contribution is 6.24. The van der Waals surface area contributed by atoms with E-state index in [2.05, 4.69) is 10.1 Å². The van der Waals surface area contributed by atoms with Crippen LogP contribution < -0.4 is 5.32 Å². The summed E-state index contributed by atoms with van der Waals surface area (Å²) in [6.07, 6.45) is 0.586. The number of esters is 1. The largest absolute Gasteiger partial charge is 0.467 e. The fourth-order valence-electron chi connectivity index (χ4n) is 1.03. The van der Waals surface area contributed by atoms with Crippen LogP contribution in [0.5, 0.6) is 0 Å². The topological polar surface area (TPSA) is 72.5 Å². The highest BCUT2D eigenvalue weighted by atomic mass is 16.5. The zero-order valence-electron chi connectivity index (χ0n) is 8.57. The van der Waals surface area contributed by atoms with Crippen LogP contribution >= 0.6 is 0 Å². The average molecular weight is 201 g/mol. The molecule has 0 aromatic rings. The Bertz CT molecular complexity index is 225. The van der Waals surface area contributed by atoms with E-state index in [9.17, 15) is 14.4 Å². The van der Waals surface area contributed by atoms with Crippen LogP contribution in [0.25, 0.3) is 0 Å². The van der Waals surface area contributed by atoms with Crippen LogP contribution in [0.1, 0.15) is 20.3 Å². The van der Waals surface area contributed by atoms with Crippen molar-refractivity contribution in [1.29, 1.82) is 0 Å². The quantitative estimate of drug-likeness (QED) is 0.382. The van der Waals surface area contributed by atoms with Crippen molar-refractivity contribution in [3.05, 3.63) is 0 Å². The molecule has 0 aromatic heterocycles. The number of carbonyl (C=O) groups is 3. The summed E-state index contributed by atoms with van der Waals surface area (Å²) in [6, 6.07) is -0.738. The minimum atomic E-state index is -0.805. The number of carbonyl (C=O) groups excluding carboxylic acids is 3. The summed E-state index contributed by atoms with van der Waals surface area (Å²) in [6.45, 7) is 3.81. The van der Waals surface area contributed by atoms with E-state index in [1.165, 1.54) is 7.11 Å². The Hall–Kier alpha value is -1.39. The van der Waals surface area contributed by atoms with Crippen molar-refractivity contribution in [2.75, 3.05) is 7.11 Å². The van der Waals surface area contributed by atoms with Gasteiger partial charge in [0, 0.05) is 0 Å². The smallest absolute Gasteiger partial charge is 0.328 e. The molecule has 0 aliphatic rings. The van der Waals surface area contributed by atoms with Crippen molar-refractivity contribution in [3.8, 4) is 0 Å². The van der Waals surface area contributed by atoms with Gasteiger partial charge in [0.2, 0.25) is 6.29 Å². The molecular weight excluding hydrogens is 186 g/mol. The zero-order chi connectivity index (χ0) is 11.1. The number of aldehydes is 1. The second kappa shape index (κ2) is 6.12. The van der Waals surface area contributed by atoms with Crippen LogP contribution in [0.15, 0.2) is 0 Å². The van der Waals surface area contributed by atoms with Gasteiger partial charge in [-0.3, -0.25) is 9.59 Å². The lowest BCUT2D eigenvalue weighted by Crippen LogP contribution is -2.42. The highest BCUT2D eigenvalue weighted by Crippen LogP contribution is 2.05. The maximum absolute atomic E-state index is 11.1. The molecule has 5 nitrogen and oxygen atoms in total. The third-order valence-electron chi connectivity index (χ3n) is 1.62. The van der Waals surface area contributed by atoms with E-state index in [1.807, 2.05) is 13.8 Å². The lowest BCUT2D eigenvalue weighted by molar-refractivity contribution is -0.145. The minimum absolute atomic E-state index is 0.135. The first-order valence-corrected chi connectivity index (χ1v) is 4.34. The molecule has 5 heteroatoms. The monoisotopic (exact) mass is 201 g/mol. The minimum Gasteiger partial charge on any atom is -0.467 e. The standard InChI is InChI=1S/C9H15NO4/c1-6(2)4-7(9(13)14-3)10-8(12)5-11/h5-7H,4H2,1-3H3,(H,10,12)/t7-/m0/s1. The molecule has 1 atom stereocenters. The van der Waals surface area contributed by atoms with Crippen molar-refractivity contribution < 1.29 is 19.1 Å². The number of methoxy groups -OCH3 is 1. The van der Waals surface area contributed by atoms with Gasteiger partial charge in [0.25, 0.3) is 5.91 Å². The van der Waals surface area contributed by atoms with Gasteiger partial charge in [0.05, 0.1) is 7.11 Å². The van der Waals surface area contributed by atoms with Crippen LogP contribution in [0.2, 0.25) is 0 Å². The maximum atomic E-state index is 11.1. The van der Waals surface area contributed by atoms with Crippen LogP contribution in [-0.2, 0) is 19.1 Å². The number of ether oxygens (including phenoxy) is 1. The zero-order valence-corrected chi connectivity index (χ0v) is 8.57. The number of rotatable bonds is 5. The Labute approximate surface area is 82.8 Å². The highest BCUT2D eigenvalue weighted by Gasteiger charge is 2.21. The molecule has 80 valence electrons. The molecule has 1 amide bonds. The maximum Gasteiger partial charge on any atom is 0.328 e. The van der Waals surface area contributed by atoms with Crippen molar-refractivity contribution in [2.24, 2.45) is 5.92 Å². The summed E-state index contributed by atoms with van der Waals surface area (Å²) < 4.78 is 4.49. The Morgan fingerprint density at radius 1 is 1.43 bits per heavy atom. The first kappa shape index (κ1) is 12.6. The molecule has 14 heavy (non-hydrogen) atoms. The molecule has 0 spiro atoms. The third-order valence-corrected chi connectivity index (χ3v) is 1.62. The van der Waals surface area contributed by atoms with Crippen LogP contribution in [0.4, 0.5) is 0 Å². The lowest BCUT2D eigenvalue weighted by Gasteiger charge is -2.16. The number of amides is 1. The molecule has 0 saturated carbocycles. The Balaban J connectivity index is 4.31. The SMILES string of the molecule is COC(=O)[C@H](CC(C)C)NC(=O)C=O. The molecule has 0 bridgehead atoms. The molecule has 0 rings (SSSR count). The van der Waals surface area contributed by atoms with Gasteiger partial charge in [-0.15, -0.1) is 0 Å². The van der Waals surface area contributed by atoms with E-state index in [0.29, 0.717) is 6.42 Å². The van der Waals surface area contributed by atoms with E-state index in [1.54, 1.807) is 0 Å². The molecule has 0 radical (unpaired) electrons. The van der Waals surface area contributed by atoms with E-state index >= 15 is 0 Å². The molecule has 0 aliphatic carbocycles. The Kier molecular flexibility index (Phi) is 5.52. The predicted molar refractivity (Wildman–Crippen MR) is 49.5 cm³/mol. The van der Waals surface area contributed by atoms with Crippen LogP contribution in [-0.4, -0.2) is 31.3 Å². The third kappa shape index (κ3) is 4.59. The molecule has 0 aromatic carbocycles. The molecule has 0 fully saturated rings. The van der Waals surface area contributed by atoms with Crippen molar-refractivity contribution in [1.82, 2.24) is 5.32 Å². The molecule has 0 heterocycles. The molecular formula is C9H15NO4. The summed E-state index contributed by atoms with van der Waals surface area (Å²) in [5, 5.41) is 2.27. The van der Waals surface area contributed by atoms with Gasteiger partial charge in [0.15, 0.2) is 0 Å². The lowest BCUT2D eigenvalue weighted by atomic mass is 10.0. The number of hydrogen-bond acceptors (Lipinski definition) is 4. The van der Waals surface area contributed by atoms with Gasteiger partial charge in [0.1, 0.15) is 6.04 Å². The van der Waals surface area contributed by atoms with Gasteiger partial charge < -0.3 is 10.1 Å². The van der Waals surface area contributed by atoms with Crippen molar-refractivity contribution in [2.45, 2.75) is 26.3 Å². The Morgan fingerprint density at radius 2 is 2.00 bits per heavy atom. The predicted octanol–water partition coefficient (Wildman–Crippen LogP) is -0.111. The van der Waals surface area contributed by atoms with Crippen LogP contribution in [0, 0.1) is 5.92 Å². The second-order valence-electron chi connectivity index (χ2n) is 3.33. The van der Waals surface area contributed by atoms with E-state index in [0.717, 1.165) is 0 Å². The van der Waals surface area contributed by atoms with Gasteiger partial charge in [-0.25, -0.2) is 4.79 Å². The van der Waals surface area contributed by atoms with Gasteiger partial charge in [-0.05, 0) is 12.3 Å². The Morgan fingerprint density at radius 3 is 2.36 bits per heavy atom. The fourth-order valence-corrected chi connectivity index (χ4v) is 1.03. The second-order valence-corrected chi connectivity index (χ2v) is 3.33. The normalized spacial score (nSPS) is 12.0. The summed E-state index contributed by atoms with van der Waals surface area (Å²) >= 11 is 0. The summed E-state index contributed by atoms with van der Waals surface area (Å²) in [5.41, 5.74) is 0. The van der Waals surface area contributed by atoms with E-state index in [4.69, 9.17) is 0 Å². The average Bonchev–Trinajstić information content (AvgIpc) is 2.14. The van der Waals surface area contributed by atoms with Crippen LogP contribution in [0.3, 0.4) is 0 Å². The molecule has 0 aliphatic heterocycles. The number of nitrogens with one attached hydrogen (secondary N) is 1.